The van der Waals surface area contributed by atoms with Crippen molar-refractivity contribution in [2.75, 3.05) is 0 Å². The van der Waals surface area contributed by atoms with Gasteiger partial charge in [0.2, 0.25) is 0 Å². The number of hydrogen-bond donors (Lipinski definition) is 0. The Bertz CT molecular complexity index is 507. The highest BCUT2D eigenvalue weighted by molar-refractivity contribution is 6.30. The average molecular weight is 238 g/mol. The van der Waals surface area contributed by atoms with Crippen LogP contribution in [0.5, 0.6) is 0 Å². The molecule has 2 rings (SSSR count). The fourth-order valence-corrected chi connectivity index (χ4v) is 1.51. The van der Waals surface area contributed by atoms with Crippen molar-refractivity contribution in [2.45, 2.75) is 6.54 Å². The maximum atomic E-state index is 10.6. The molecule has 6 heteroatoms. The minimum absolute atomic E-state index is 0.157. The third-order valence-electron chi connectivity index (χ3n) is 2.12. The molecule has 5 nitrogen and oxygen atoms in total. The third-order valence-corrected chi connectivity index (χ3v) is 2.37. The van der Waals surface area contributed by atoms with Gasteiger partial charge in [0.25, 0.3) is 0 Å². The summed E-state index contributed by atoms with van der Waals surface area (Å²) in [5.74, 6) is -0.157. The molecule has 1 aromatic carbocycles. The van der Waals surface area contributed by atoms with E-state index in [4.69, 9.17) is 11.6 Å². The lowest BCUT2D eigenvalue weighted by molar-refractivity contribution is -0.396. The van der Waals surface area contributed by atoms with Gasteiger partial charge in [-0.15, -0.1) is 0 Å². The molecular formula is C10H8ClN3O2. The minimum Gasteiger partial charge on any atom is -0.390 e. The number of imidazole rings is 1. The zero-order valence-electron chi connectivity index (χ0n) is 8.21. The molecule has 0 amide bonds. The number of aromatic nitrogens is 2. The largest absolute Gasteiger partial charge is 0.434 e. The first-order chi connectivity index (χ1) is 7.66. The van der Waals surface area contributed by atoms with Gasteiger partial charge in [-0.3, -0.25) is 0 Å². The third kappa shape index (κ3) is 2.20. The van der Waals surface area contributed by atoms with Crippen LogP contribution >= 0.6 is 11.6 Å². The van der Waals surface area contributed by atoms with Gasteiger partial charge in [0.15, 0.2) is 0 Å². The topological polar surface area (TPSA) is 61.0 Å². The van der Waals surface area contributed by atoms with Crippen molar-refractivity contribution in [2.24, 2.45) is 0 Å². The Balaban J connectivity index is 2.23. The summed E-state index contributed by atoms with van der Waals surface area (Å²) < 4.78 is 1.48. The van der Waals surface area contributed by atoms with Crippen LogP contribution in [-0.4, -0.2) is 14.5 Å². The Morgan fingerprint density at radius 3 is 2.69 bits per heavy atom. The van der Waals surface area contributed by atoms with Crippen molar-refractivity contribution in [3.8, 4) is 0 Å². The van der Waals surface area contributed by atoms with E-state index in [1.165, 1.54) is 10.8 Å². The van der Waals surface area contributed by atoms with E-state index in [2.05, 4.69) is 4.98 Å². The summed E-state index contributed by atoms with van der Waals surface area (Å²) >= 11 is 5.75. The van der Waals surface area contributed by atoms with E-state index < -0.39 is 4.92 Å². The first-order valence-corrected chi connectivity index (χ1v) is 4.94. The number of nitro groups is 1. The SMILES string of the molecule is O=[N+]([O-])c1nccn1Cc1ccc(Cl)cc1. The lowest BCUT2D eigenvalue weighted by Crippen LogP contribution is -2.03. The van der Waals surface area contributed by atoms with Gasteiger partial charge < -0.3 is 10.1 Å². The van der Waals surface area contributed by atoms with E-state index >= 15 is 0 Å². The maximum absolute atomic E-state index is 10.6. The van der Waals surface area contributed by atoms with Gasteiger partial charge >= 0.3 is 5.95 Å². The van der Waals surface area contributed by atoms with Gasteiger partial charge in [0.1, 0.15) is 12.4 Å². The monoisotopic (exact) mass is 237 g/mol. The zero-order valence-corrected chi connectivity index (χ0v) is 8.96. The molecule has 0 saturated heterocycles. The molecule has 1 heterocycles. The Morgan fingerprint density at radius 1 is 1.38 bits per heavy atom. The lowest BCUT2D eigenvalue weighted by Gasteiger charge is -2.01. The van der Waals surface area contributed by atoms with Crippen LogP contribution in [0.2, 0.25) is 5.02 Å². The second-order valence-electron chi connectivity index (χ2n) is 3.24. The van der Waals surface area contributed by atoms with Crippen LogP contribution < -0.4 is 0 Å². The Morgan fingerprint density at radius 2 is 2.06 bits per heavy atom. The molecule has 0 aliphatic carbocycles. The van der Waals surface area contributed by atoms with Gasteiger partial charge in [-0.25, -0.2) is 4.57 Å². The number of hydrogen-bond acceptors (Lipinski definition) is 3. The Hall–Kier alpha value is -1.88. The van der Waals surface area contributed by atoms with E-state index in [1.54, 1.807) is 18.3 Å². The second kappa shape index (κ2) is 4.32. The number of benzene rings is 1. The number of nitrogens with zero attached hydrogens (tertiary/aromatic N) is 3. The van der Waals surface area contributed by atoms with Crippen molar-refractivity contribution in [1.82, 2.24) is 9.55 Å². The molecule has 0 fully saturated rings. The van der Waals surface area contributed by atoms with Crippen LogP contribution in [0.4, 0.5) is 5.95 Å². The minimum atomic E-state index is -0.504. The highest BCUT2D eigenvalue weighted by Crippen LogP contribution is 2.14. The molecule has 0 radical (unpaired) electrons. The summed E-state index contributed by atoms with van der Waals surface area (Å²) in [5, 5.41) is 11.3. The molecule has 0 atom stereocenters. The van der Waals surface area contributed by atoms with E-state index in [1.807, 2.05) is 12.1 Å². The summed E-state index contributed by atoms with van der Waals surface area (Å²) in [4.78, 5) is 13.8. The summed E-state index contributed by atoms with van der Waals surface area (Å²) in [6.45, 7) is 0.410. The average Bonchev–Trinajstić information content (AvgIpc) is 2.69. The molecule has 0 spiro atoms. The molecule has 0 unspecified atom stereocenters. The van der Waals surface area contributed by atoms with Gasteiger partial charge in [0.05, 0.1) is 6.54 Å². The first-order valence-electron chi connectivity index (χ1n) is 4.57. The lowest BCUT2D eigenvalue weighted by atomic mass is 10.2. The van der Waals surface area contributed by atoms with Crippen molar-refractivity contribution >= 4 is 17.5 Å². The maximum Gasteiger partial charge on any atom is 0.434 e. The molecule has 82 valence electrons. The van der Waals surface area contributed by atoms with Gasteiger partial charge in [-0.05, 0) is 22.6 Å². The normalized spacial score (nSPS) is 10.3. The smallest absolute Gasteiger partial charge is 0.390 e. The quantitative estimate of drug-likeness (QED) is 0.609. The summed E-state index contributed by atoms with van der Waals surface area (Å²) in [6, 6.07) is 7.15. The first kappa shape index (κ1) is 10.6. The van der Waals surface area contributed by atoms with E-state index in [0.717, 1.165) is 5.56 Å². The van der Waals surface area contributed by atoms with Crippen molar-refractivity contribution in [1.29, 1.82) is 0 Å². The molecule has 0 aliphatic rings. The molecule has 16 heavy (non-hydrogen) atoms. The van der Waals surface area contributed by atoms with Crippen molar-refractivity contribution < 1.29 is 4.92 Å². The second-order valence-corrected chi connectivity index (χ2v) is 3.68. The predicted octanol–water partition coefficient (Wildman–Crippen LogP) is 2.49. The number of halogens is 1. The summed E-state index contributed by atoms with van der Waals surface area (Å²) in [6.07, 6.45) is 2.99. The van der Waals surface area contributed by atoms with Gasteiger partial charge in [-0.1, -0.05) is 28.7 Å². The summed E-state index contributed by atoms with van der Waals surface area (Å²) in [5.41, 5.74) is 0.936. The molecule has 0 aliphatic heterocycles. The van der Waals surface area contributed by atoms with Crippen LogP contribution in [0.3, 0.4) is 0 Å². The van der Waals surface area contributed by atoms with Crippen molar-refractivity contribution in [3.05, 3.63) is 57.4 Å². The Kier molecular flexibility index (Phi) is 2.87. The van der Waals surface area contributed by atoms with Gasteiger partial charge in [0, 0.05) is 5.02 Å². The summed E-state index contributed by atoms with van der Waals surface area (Å²) in [7, 11) is 0. The van der Waals surface area contributed by atoms with Crippen LogP contribution in [-0.2, 0) is 6.54 Å². The van der Waals surface area contributed by atoms with Gasteiger partial charge in [-0.2, -0.15) is 0 Å². The van der Waals surface area contributed by atoms with E-state index in [0.29, 0.717) is 11.6 Å². The fourth-order valence-electron chi connectivity index (χ4n) is 1.38. The fraction of sp³-hybridized carbons (Fsp3) is 0.100. The van der Waals surface area contributed by atoms with Crippen molar-refractivity contribution in [3.63, 3.8) is 0 Å². The molecule has 1 aromatic heterocycles. The molecule has 0 saturated carbocycles. The van der Waals surface area contributed by atoms with Crippen LogP contribution in [0.1, 0.15) is 5.56 Å². The van der Waals surface area contributed by atoms with Crippen LogP contribution in [0.25, 0.3) is 0 Å². The molecule has 0 N–H and O–H groups in total. The molecule has 0 bridgehead atoms. The highest BCUT2D eigenvalue weighted by atomic mass is 35.5. The molecular weight excluding hydrogens is 230 g/mol. The predicted molar refractivity (Wildman–Crippen MR) is 59.4 cm³/mol. The van der Waals surface area contributed by atoms with Crippen LogP contribution in [0.15, 0.2) is 36.7 Å². The van der Waals surface area contributed by atoms with E-state index in [9.17, 15) is 10.1 Å². The highest BCUT2D eigenvalue weighted by Gasteiger charge is 2.13. The number of rotatable bonds is 3. The van der Waals surface area contributed by atoms with Crippen LogP contribution in [0, 0.1) is 10.1 Å². The standard InChI is InChI=1S/C10H8ClN3O2/c11-9-3-1-8(2-4-9)7-13-6-5-12-10(13)14(15)16/h1-6H,7H2. The molecule has 2 aromatic rings. The van der Waals surface area contributed by atoms with E-state index in [-0.39, 0.29) is 5.95 Å². The Labute approximate surface area is 96.4 Å². The zero-order chi connectivity index (χ0) is 11.5.